The molecule has 1 amide bonds. The summed E-state index contributed by atoms with van der Waals surface area (Å²) >= 11 is 3.32. The summed E-state index contributed by atoms with van der Waals surface area (Å²) in [5.41, 5.74) is 1.70. The first kappa shape index (κ1) is 22.3. The molecule has 0 fully saturated rings. The number of rotatable bonds is 4. The molecule has 160 valence electrons. The molecular formula is C21H24BrN3O4S. The normalized spacial score (nSPS) is 16.3. The van der Waals surface area contributed by atoms with Gasteiger partial charge in [-0.1, -0.05) is 54.9 Å². The molecule has 0 aromatic heterocycles. The molecule has 2 aromatic carbocycles. The number of halogens is 1. The van der Waals surface area contributed by atoms with Gasteiger partial charge < -0.3 is 10.1 Å². The van der Waals surface area contributed by atoms with Crippen LogP contribution in [-0.4, -0.2) is 43.5 Å². The lowest BCUT2D eigenvalue weighted by atomic mass is 9.87. The number of aliphatic imine (C=N–C) groups is 1. The maximum absolute atomic E-state index is 13.0. The number of hydrogen-bond donors (Lipinski definition) is 1. The Morgan fingerprint density at radius 3 is 2.50 bits per heavy atom. The second kappa shape index (κ2) is 8.03. The van der Waals surface area contributed by atoms with Crippen molar-refractivity contribution >= 4 is 49.1 Å². The number of benzene rings is 2. The predicted octanol–water partition coefficient (Wildman–Crippen LogP) is 4.06. The molecule has 0 saturated carbocycles. The third kappa shape index (κ3) is 4.09. The number of para-hydroxylation sites is 1. The van der Waals surface area contributed by atoms with Gasteiger partial charge in [0.15, 0.2) is 4.83 Å². The van der Waals surface area contributed by atoms with Gasteiger partial charge >= 0.3 is 0 Å². The van der Waals surface area contributed by atoms with E-state index in [1.807, 2.05) is 12.1 Å². The molecule has 1 aliphatic rings. The van der Waals surface area contributed by atoms with Crippen LogP contribution in [0.2, 0.25) is 0 Å². The molecule has 1 aliphatic heterocycles. The Balaban J connectivity index is 1.95. The minimum absolute atomic E-state index is 0.0807. The molecule has 1 atom stereocenters. The van der Waals surface area contributed by atoms with Crippen LogP contribution in [0, 0.1) is 0 Å². The standard InChI is InChI=1S/C21H24BrN3O4S/c1-21(2,3)13-10-11-16(29-5)15(12-13)24-20(26)18(22)19-23-14-8-6-7-9-17(14)30(27,28)25(19)4/h6-12,18H,1-5H3,(H,24,26). The quantitative estimate of drug-likeness (QED) is 0.650. The third-order valence-electron chi connectivity index (χ3n) is 4.84. The van der Waals surface area contributed by atoms with Crippen molar-refractivity contribution in [2.75, 3.05) is 19.5 Å². The lowest BCUT2D eigenvalue weighted by Gasteiger charge is -2.28. The zero-order valence-corrected chi connectivity index (χ0v) is 19.8. The first-order valence-corrected chi connectivity index (χ1v) is 11.6. The summed E-state index contributed by atoms with van der Waals surface area (Å²) in [6.45, 7) is 6.21. The van der Waals surface area contributed by atoms with E-state index in [0.29, 0.717) is 17.1 Å². The number of methoxy groups -OCH3 is 1. The molecule has 0 aliphatic carbocycles. The third-order valence-corrected chi connectivity index (χ3v) is 7.48. The van der Waals surface area contributed by atoms with Crippen LogP contribution < -0.4 is 10.1 Å². The minimum atomic E-state index is -3.79. The van der Waals surface area contributed by atoms with Crippen LogP contribution in [0.15, 0.2) is 52.4 Å². The lowest BCUT2D eigenvalue weighted by molar-refractivity contribution is -0.114. The fraction of sp³-hybridized carbons (Fsp3) is 0.333. The molecule has 0 saturated heterocycles. The van der Waals surface area contributed by atoms with Gasteiger partial charge in [-0.15, -0.1) is 0 Å². The summed E-state index contributed by atoms with van der Waals surface area (Å²) in [5, 5.41) is 2.83. The number of anilines is 1. The van der Waals surface area contributed by atoms with E-state index in [1.54, 1.807) is 24.3 Å². The Morgan fingerprint density at radius 1 is 1.20 bits per heavy atom. The number of nitrogens with zero attached hydrogens (tertiary/aromatic N) is 2. The molecule has 1 heterocycles. The van der Waals surface area contributed by atoms with E-state index in [1.165, 1.54) is 20.2 Å². The van der Waals surface area contributed by atoms with Crippen molar-refractivity contribution in [1.29, 1.82) is 0 Å². The van der Waals surface area contributed by atoms with Crippen molar-refractivity contribution in [2.24, 2.45) is 4.99 Å². The fourth-order valence-corrected chi connectivity index (χ4v) is 5.01. The largest absolute Gasteiger partial charge is 0.495 e. The molecule has 0 bridgehead atoms. The van der Waals surface area contributed by atoms with E-state index in [0.717, 1.165) is 9.87 Å². The highest BCUT2D eigenvalue weighted by atomic mass is 79.9. The van der Waals surface area contributed by atoms with Crippen LogP contribution in [0.4, 0.5) is 11.4 Å². The summed E-state index contributed by atoms with van der Waals surface area (Å²) in [6.07, 6.45) is 0. The SMILES string of the molecule is COc1ccc(C(C)(C)C)cc1NC(=O)C(Br)C1=Nc2ccccc2S(=O)(=O)N1C. The molecule has 3 rings (SSSR count). The zero-order valence-electron chi connectivity index (χ0n) is 17.4. The maximum atomic E-state index is 13.0. The van der Waals surface area contributed by atoms with Gasteiger partial charge in [0, 0.05) is 7.05 Å². The summed E-state index contributed by atoms with van der Waals surface area (Å²) in [7, 11) is -0.887. The van der Waals surface area contributed by atoms with Crippen LogP contribution in [0.5, 0.6) is 5.75 Å². The average Bonchev–Trinajstić information content (AvgIpc) is 2.69. The molecule has 1 N–H and O–H groups in total. The van der Waals surface area contributed by atoms with Crippen molar-refractivity contribution in [3.8, 4) is 5.75 Å². The van der Waals surface area contributed by atoms with Crippen molar-refractivity contribution in [3.05, 3.63) is 48.0 Å². The Labute approximate surface area is 185 Å². The van der Waals surface area contributed by atoms with E-state index in [-0.39, 0.29) is 16.1 Å². The van der Waals surface area contributed by atoms with E-state index < -0.39 is 20.8 Å². The smallest absolute Gasteiger partial charge is 0.267 e. The second-order valence-corrected chi connectivity index (χ2v) is 10.8. The van der Waals surface area contributed by atoms with Gasteiger partial charge in [-0.3, -0.25) is 9.10 Å². The number of amidine groups is 1. The van der Waals surface area contributed by atoms with Crippen molar-refractivity contribution in [2.45, 2.75) is 35.9 Å². The molecule has 9 heteroatoms. The zero-order chi connectivity index (χ0) is 22.3. The number of carbonyl (C=O) groups excluding carboxylic acids is 1. The number of amides is 1. The van der Waals surface area contributed by atoms with Gasteiger partial charge in [-0.2, -0.15) is 0 Å². The number of sulfonamides is 1. The number of alkyl halides is 1. The van der Waals surface area contributed by atoms with E-state index in [2.05, 4.69) is 47.0 Å². The van der Waals surface area contributed by atoms with E-state index in [4.69, 9.17) is 4.74 Å². The second-order valence-electron chi connectivity index (χ2n) is 7.93. The van der Waals surface area contributed by atoms with Crippen LogP contribution in [0.25, 0.3) is 0 Å². The van der Waals surface area contributed by atoms with Gasteiger partial charge in [0.2, 0.25) is 5.91 Å². The van der Waals surface area contributed by atoms with Crippen LogP contribution in [0.1, 0.15) is 26.3 Å². The molecular weight excluding hydrogens is 470 g/mol. The van der Waals surface area contributed by atoms with Crippen LogP contribution >= 0.6 is 15.9 Å². The monoisotopic (exact) mass is 493 g/mol. The first-order chi connectivity index (χ1) is 14.0. The number of fused-ring (bicyclic) bond motifs is 1. The lowest BCUT2D eigenvalue weighted by Crippen LogP contribution is -2.44. The molecule has 2 aromatic rings. The summed E-state index contributed by atoms with van der Waals surface area (Å²) in [5.74, 6) is 0.129. The van der Waals surface area contributed by atoms with E-state index in [9.17, 15) is 13.2 Å². The van der Waals surface area contributed by atoms with Crippen LogP contribution in [0.3, 0.4) is 0 Å². The molecule has 1 unspecified atom stereocenters. The topological polar surface area (TPSA) is 88.1 Å². The Bertz CT molecular complexity index is 1120. The summed E-state index contributed by atoms with van der Waals surface area (Å²) in [4.78, 5) is 16.5. The number of hydrogen-bond acceptors (Lipinski definition) is 5. The average molecular weight is 494 g/mol. The van der Waals surface area contributed by atoms with Gasteiger partial charge in [0.1, 0.15) is 16.5 Å². The Hall–Kier alpha value is -2.39. The minimum Gasteiger partial charge on any atom is -0.495 e. The molecule has 0 spiro atoms. The fourth-order valence-electron chi connectivity index (χ4n) is 3.03. The van der Waals surface area contributed by atoms with Gasteiger partial charge in [0.25, 0.3) is 10.0 Å². The van der Waals surface area contributed by atoms with Gasteiger partial charge in [0.05, 0.1) is 18.5 Å². The highest BCUT2D eigenvalue weighted by Crippen LogP contribution is 2.34. The number of ether oxygens (including phenoxy) is 1. The van der Waals surface area contributed by atoms with Crippen molar-refractivity contribution in [1.82, 2.24) is 4.31 Å². The highest BCUT2D eigenvalue weighted by molar-refractivity contribution is 9.10. The molecule has 30 heavy (non-hydrogen) atoms. The number of nitrogens with one attached hydrogen (secondary N) is 1. The van der Waals surface area contributed by atoms with Crippen LogP contribution in [-0.2, 0) is 20.2 Å². The Kier molecular flexibility index (Phi) is 5.97. The number of carbonyl (C=O) groups is 1. The first-order valence-electron chi connectivity index (χ1n) is 9.27. The molecule has 7 nitrogen and oxygen atoms in total. The Morgan fingerprint density at radius 2 is 1.87 bits per heavy atom. The van der Waals surface area contributed by atoms with Gasteiger partial charge in [-0.05, 0) is 35.2 Å². The van der Waals surface area contributed by atoms with E-state index >= 15 is 0 Å². The van der Waals surface area contributed by atoms with Gasteiger partial charge in [-0.25, -0.2) is 13.4 Å². The summed E-state index contributed by atoms with van der Waals surface area (Å²) < 4.78 is 32.1. The summed E-state index contributed by atoms with van der Waals surface area (Å²) in [6, 6.07) is 12.0. The molecule has 0 radical (unpaired) electrons. The van der Waals surface area contributed by atoms with Crippen molar-refractivity contribution < 1.29 is 17.9 Å². The highest BCUT2D eigenvalue weighted by Gasteiger charge is 2.36. The van der Waals surface area contributed by atoms with Crippen molar-refractivity contribution in [3.63, 3.8) is 0 Å². The maximum Gasteiger partial charge on any atom is 0.267 e. The predicted molar refractivity (Wildman–Crippen MR) is 122 cm³/mol.